The molecule has 6 nitrogen and oxygen atoms in total. The van der Waals surface area contributed by atoms with Crippen LogP contribution in [0.15, 0.2) is 30.5 Å². The molecule has 1 aromatic carbocycles. The van der Waals surface area contributed by atoms with E-state index in [0.29, 0.717) is 41.6 Å². The molecule has 2 aliphatic heterocycles. The number of aldehydes is 1. The Kier molecular flexibility index (Phi) is 3.82. The summed E-state index contributed by atoms with van der Waals surface area (Å²) in [6.45, 7) is 3.70. The molecule has 1 N–H and O–H groups in total. The van der Waals surface area contributed by atoms with Crippen LogP contribution in [0.1, 0.15) is 45.5 Å². The number of carbonyl (C=O) groups is 4. The molecule has 23 heavy (non-hydrogen) atoms. The minimum atomic E-state index is -0.813. The smallest absolute Gasteiger partial charge is 0.262 e. The standard InChI is InChI=1S/C17H16N2O4/c1-10-7-8-13(15(21)18-10)19-16(22)12-6-2-4-11(5-3-9-20)14(12)17(19)23/h2,4,6,9,13H,1,3,5,7-8H2,(H,18,21). The molecule has 2 aliphatic rings. The fraction of sp³-hybridized carbons (Fsp3) is 0.294. The van der Waals surface area contributed by atoms with Crippen LogP contribution < -0.4 is 5.32 Å². The lowest BCUT2D eigenvalue weighted by atomic mass is 9.99. The minimum Gasteiger partial charge on any atom is -0.329 e. The highest BCUT2D eigenvalue weighted by Gasteiger charge is 2.44. The number of rotatable bonds is 4. The van der Waals surface area contributed by atoms with E-state index in [2.05, 4.69) is 11.9 Å². The van der Waals surface area contributed by atoms with E-state index in [9.17, 15) is 19.2 Å². The summed E-state index contributed by atoms with van der Waals surface area (Å²) in [5.41, 5.74) is 1.87. The summed E-state index contributed by atoms with van der Waals surface area (Å²) in [7, 11) is 0. The van der Waals surface area contributed by atoms with Gasteiger partial charge in [-0.05, 0) is 30.9 Å². The van der Waals surface area contributed by atoms with E-state index in [-0.39, 0.29) is 12.3 Å². The highest BCUT2D eigenvalue weighted by Crippen LogP contribution is 2.30. The molecule has 0 saturated carbocycles. The Morgan fingerprint density at radius 2 is 2.04 bits per heavy atom. The molecule has 1 atom stereocenters. The third-order valence-corrected chi connectivity index (χ3v) is 4.20. The molecule has 0 spiro atoms. The van der Waals surface area contributed by atoms with E-state index >= 15 is 0 Å². The van der Waals surface area contributed by atoms with Crippen molar-refractivity contribution in [2.45, 2.75) is 31.7 Å². The van der Waals surface area contributed by atoms with Crippen LogP contribution in [-0.4, -0.2) is 34.9 Å². The predicted molar refractivity (Wildman–Crippen MR) is 81.6 cm³/mol. The number of hydrogen-bond donors (Lipinski definition) is 1. The number of amides is 3. The van der Waals surface area contributed by atoms with Gasteiger partial charge in [0.15, 0.2) is 0 Å². The van der Waals surface area contributed by atoms with Crippen molar-refractivity contribution in [1.82, 2.24) is 10.2 Å². The molecule has 2 heterocycles. The van der Waals surface area contributed by atoms with E-state index in [4.69, 9.17) is 0 Å². The van der Waals surface area contributed by atoms with Crippen LogP contribution in [0.5, 0.6) is 0 Å². The first-order valence-corrected chi connectivity index (χ1v) is 7.46. The normalized spacial score (nSPS) is 20.5. The maximum absolute atomic E-state index is 12.7. The molecule has 118 valence electrons. The highest BCUT2D eigenvalue weighted by molar-refractivity contribution is 6.23. The van der Waals surface area contributed by atoms with Crippen molar-refractivity contribution in [3.05, 3.63) is 47.2 Å². The number of nitrogens with zero attached hydrogens (tertiary/aromatic N) is 1. The van der Waals surface area contributed by atoms with E-state index < -0.39 is 17.9 Å². The first kappa shape index (κ1) is 15.1. The van der Waals surface area contributed by atoms with Crippen molar-refractivity contribution >= 4 is 24.0 Å². The molecule has 6 heteroatoms. The fourth-order valence-corrected chi connectivity index (χ4v) is 3.09. The molecule has 0 aliphatic carbocycles. The van der Waals surface area contributed by atoms with Gasteiger partial charge in [0.05, 0.1) is 11.1 Å². The number of carbonyl (C=O) groups excluding carboxylic acids is 4. The van der Waals surface area contributed by atoms with Crippen LogP contribution in [0.25, 0.3) is 0 Å². The van der Waals surface area contributed by atoms with Gasteiger partial charge in [0.25, 0.3) is 11.8 Å². The second kappa shape index (κ2) is 5.79. The van der Waals surface area contributed by atoms with Crippen LogP contribution in [0.4, 0.5) is 0 Å². The average molecular weight is 312 g/mol. The number of fused-ring (bicyclic) bond motifs is 1. The first-order chi connectivity index (χ1) is 11.0. The minimum absolute atomic E-state index is 0.279. The maximum atomic E-state index is 12.7. The lowest BCUT2D eigenvalue weighted by molar-refractivity contribution is -0.125. The van der Waals surface area contributed by atoms with Gasteiger partial charge in [-0.3, -0.25) is 19.3 Å². The fourth-order valence-electron chi connectivity index (χ4n) is 3.09. The number of imide groups is 1. The van der Waals surface area contributed by atoms with Gasteiger partial charge in [0.2, 0.25) is 5.91 Å². The Labute approximate surface area is 133 Å². The third kappa shape index (κ3) is 2.46. The molecule has 1 aromatic rings. The number of benzene rings is 1. The zero-order chi connectivity index (χ0) is 16.6. The molecule has 1 saturated heterocycles. The average Bonchev–Trinajstić information content (AvgIpc) is 2.78. The van der Waals surface area contributed by atoms with Gasteiger partial charge in [0, 0.05) is 12.1 Å². The summed E-state index contributed by atoms with van der Waals surface area (Å²) in [6.07, 6.45) is 2.36. The van der Waals surface area contributed by atoms with Crippen LogP contribution in [0, 0.1) is 0 Å². The summed E-state index contributed by atoms with van der Waals surface area (Å²) >= 11 is 0. The number of nitrogens with one attached hydrogen (secondary N) is 1. The van der Waals surface area contributed by atoms with Gasteiger partial charge >= 0.3 is 0 Å². The van der Waals surface area contributed by atoms with E-state index in [1.54, 1.807) is 18.2 Å². The summed E-state index contributed by atoms with van der Waals surface area (Å²) in [5, 5.41) is 2.60. The van der Waals surface area contributed by atoms with Crippen LogP contribution >= 0.6 is 0 Å². The van der Waals surface area contributed by atoms with Gasteiger partial charge in [-0.15, -0.1) is 0 Å². The Morgan fingerprint density at radius 1 is 1.26 bits per heavy atom. The Hall–Kier alpha value is -2.76. The molecule has 0 aromatic heterocycles. The van der Waals surface area contributed by atoms with Crippen molar-refractivity contribution in [1.29, 1.82) is 0 Å². The number of allylic oxidation sites excluding steroid dienone is 1. The van der Waals surface area contributed by atoms with Gasteiger partial charge in [-0.25, -0.2) is 0 Å². The summed E-state index contributed by atoms with van der Waals surface area (Å²) in [4.78, 5) is 49.1. The second-order valence-electron chi connectivity index (χ2n) is 5.67. The SMILES string of the molecule is C=C1CCC(N2C(=O)c3cccc(CCC=O)c3C2=O)C(=O)N1. The zero-order valence-corrected chi connectivity index (χ0v) is 12.5. The van der Waals surface area contributed by atoms with E-state index in [1.165, 1.54) is 0 Å². The summed E-state index contributed by atoms with van der Waals surface area (Å²) in [6, 6.07) is 4.20. The number of aryl methyl sites for hydroxylation is 1. The maximum Gasteiger partial charge on any atom is 0.262 e. The van der Waals surface area contributed by atoms with Crippen LogP contribution in [0.2, 0.25) is 0 Å². The molecule has 0 bridgehead atoms. The summed E-state index contributed by atoms with van der Waals surface area (Å²) in [5.74, 6) is -1.30. The van der Waals surface area contributed by atoms with Gasteiger partial charge in [-0.1, -0.05) is 18.7 Å². The zero-order valence-electron chi connectivity index (χ0n) is 12.5. The van der Waals surface area contributed by atoms with Gasteiger partial charge < -0.3 is 10.1 Å². The number of hydrogen-bond acceptors (Lipinski definition) is 4. The molecule has 3 rings (SSSR count). The van der Waals surface area contributed by atoms with Gasteiger partial charge in [-0.2, -0.15) is 0 Å². The van der Waals surface area contributed by atoms with Crippen molar-refractivity contribution in [3.63, 3.8) is 0 Å². The topological polar surface area (TPSA) is 83.6 Å². The van der Waals surface area contributed by atoms with Crippen molar-refractivity contribution < 1.29 is 19.2 Å². The molecule has 1 fully saturated rings. The number of piperidine rings is 1. The molecule has 1 unspecified atom stereocenters. The van der Waals surface area contributed by atoms with Crippen molar-refractivity contribution in [3.8, 4) is 0 Å². The molecule has 3 amide bonds. The third-order valence-electron chi connectivity index (χ3n) is 4.20. The Bertz CT molecular complexity index is 738. The van der Waals surface area contributed by atoms with E-state index in [0.717, 1.165) is 11.2 Å². The lowest BCUT2D eigenvalue weighted by Gasteiger charge is -2.29. The molecular weight excluding hydrogens is 296 g/mol. The second-order valence-corrected chi connectivity index (χ2v) is 5.67. The van der Waals surface area contributed by atoms with Crippen LogP contribution in [0.3, 0.4) is 0 Å². The first-order valence-electron chi connectivity index (χ1n) is 7.46. The quantitative estimate of drug-likeness (QED) is 0.669. The monoisotopic (exact) mass is 312 g/mol. The predicted octanol–water partition coefficient (Wildman–Crippen LogP) is 1.21. The van der Waals surface area contributed by atoms with Crippen molar-refractivity contribution in [2.24, 2.45) is 0 Å². The van der Waals surface area contributed by atoms with Gasteiger partial charge in [0.1, 0.15) is 12.3 Å². The Balaban J connectivity index is 1.96. The van der Waals surface area contributed by atoms with E-state index in [1.807, 2.05) is 0 Å². The Morgan fingerprint density at radius 3 is 2.74 bits per heavy atom. The highest BCUT2D eigenvalue weighted by atomic mass is 16.2. The molecular formula is C17H16N2O4. The van der Waals surface area contributed by atoms with Crippen molar-refractivity contribution in [2.75, 3.05) is 0 Å². The largest absolute Gasteiger partial charge is 0.329 e. The summed E-state index contributed by atoms with van der Waals surface area (Å²) < 4.78 is 0. The van der Waals surface area contributed by atoms with Crippen LogP contribution in [-0.2, 0) is 16.0 Å². The molecule has 0 radical (unpaired) electrons. The lowest BCUT2D eigenvalue weighted by Crippen LogP contribution is -2.51.